The lowest BCUT2D eigenvalue weighted by Gasteiger charge is -2.31. The van der Waals surface area contributed by atoms with Gasteiger partial charge < -0.3 is 21.7 Å². The molecule has 6 N–H and O–H groups in total. The number of aliphatic hydroxyl groups is 1. The Hall–Kier alpha value is -0.980. The van der Waals surface area contributed by atoms with Gasteiger partial charge in [0.15, 0.2) is 5.78 Å². The van der Waals surface area contributed by atoms with Gasteiger partial charge in [-0.05, 0) is 25.7 Å². The highest BCUT2D eigenvalue weighted by molar-refractivity contribution is 5.88. The van der Waals surface area contributed by atoms with Crippen LogP contribution >= 0.6 is 0 Å². The Labute approximate surface area is 114 Å². The number of nitrogens with two attached hydrogens (primary N) is 2. The summed E-state index contributed by atoms with van der Waals surface area (Å²) in [7, 11) is 0. The van der Waals surface area contributed by atoms with Crippen LogP contribution < -0.4 is 11.5 Å². The Morgan fingerprint density at radius 3 is 2.21 bits per heavy atom. The number of hydrogen-bond donors (Lipinski definition) is 4. The van der Waals surface area contributed by atoms with Crippen molar-refractivity contribution in [3.8, 4) is 0 Å². The Bertz CT molecular complexity index is 316. The molecule has 0 radical (unpaired) electrons. The maximum Gasteiger partial charge on any atom is 0.305 e. The van der Waals surface area contributed by atoms with E-state index in [-0.39, 0.29) is 6.42 Å². The van der Waals surface area contributed by atoms with Crippen molar-refractivity contribution < 1.29 is 19.8 Å². The van der Waals surface area contributed by atoms with Crippen molar-refractivity contribution in [3.05, 3.63) is 0 Å². The summed E-state index contributed by atoms with van der Waals surface area (Å²) in [5, 5.41) is 18.6. The second kappa shape index (κ2) is 7.57. The first-order chi connectivity index (χ1) is 8.56. The predicted molar refractivity (Wildman–Crippen MR) is 72.5 cm³/mol. The third-order valence-electron chi connectivity index (χ3n) is 3.14. The molecule has 0 saturated carbocycles. The van der Waals surface area contributed by atoms with E-state index in [9.17, 15) is 14.7 Å². The molecule has 0 aromatic carbocycles. The smallest absolute Gasteiger partial charge is 0.305 e. The summed E-state index contributed by atoms with van der Waals surface area (Å²) >= 11 is 0. The number of aliphatic carboxylic acids is 1. The molecule has 0 amide bonds. The van der Waals surface area contributed by atoms with Gasteiger partial charge in [0.2, 0.25) is 0 Å². The van der Waals surface area contributed by atoms with Crippen LogP contribution in [0.3, 0.4) is 0 Å². The molecule has 0 aromatic rings. The highest BCUT2D eigenvalue weighted by Gasteiger charge is 2.33. The van der Waals surface area contributed by atoms with Gasteiger partial charge in [-0.1, -0.05) is 13.8 Å². The normalized spacial score (nSPS) is 17.8. The Balaban J connectivity index is 4.41. The number of carbonyl (C=O) groups excluding carboxylic acids is 1. The van der Waals surface area contributed by atoms with E-state index in [2.05, 4.69) is 0 Å². The summed E-state index contributed by atoms with van der Waals surface area (Å²) in [6.45, 7) is 5.66. The average Bonchev–Trinajstić information content (AvgIpc) is 2.23. The second-order valence-electron chi connectivity index (χ2n) is 5.84. The first kappa shape index (κ1) is 18.0. The molecule has 6 nitrogen and oxygen atoms in total. The fourth-order valence-electron chi connectivity index (χ4n) is 1.75. The number of rotatable bonds is 9. The van der Waals surface area contributed by atoms with Crippen LogP contribution in [0.25, 0.3) is 0 Å². The van der Waals surface area contributed by atoms with E-state index in [0.29, 0.717) is 12.3 Å². The van der Waals surface area contributed by atoms with E-state index < -0.39 is 35.9 Å². The van der Waals surface area contributed by atoms with Crippen LogP contribution in [0.5, 0.6) is 0 Å². The molecule has 0 aliphatic rings. The van der Waals surface area contributed by atoms with Gasteiger partial charge in [0.05, 0.1) is 18.6 Å². The highest BCUT2D eigenvalue weighted by atomic mass is 16.4. The van der Waals surface area contributed by atoms with Gasteiger partial charge >= 0.3 is 5.97 Å². The van der Waals surface area contributed by atoms with Crippen molar-refractivity contribution in [2.24, 2.45) is 17.4 Å². The number of aliphatic hydroxyl groups excluding tert-OH is 1. The molecule has 0 rings (SSSR count). The SMILES string of the molecule is CC(C)CCC(O)C(C)(N)CC(=O)C(N)CC(=O)O. The molecular formula is C13H26N2O4. The molecule has 0 aromatic heterocycles. The third kappa shape index (κ3) is 7.25. The maximum atomic E-state index is 11.8. The zero-order valence-corrected chi connectivity index (χ0v) is 11.9. The number of carbonyl (C=O) groups is 2. The Kier molecular flexibility index (Phi) is 7.18. The van der Waals surface area contributed by atoms with Crippen LogP contribution in [0.1, 0.15) is 46.5 Å². The molecule has 112 valence electrons. The van der Waals surface area contributed by atoms with Crippen LogP contribution in [-0.2, 0) is 9.59 Å². The van der Waals surface area contributed by atoms with E-state index in [1.165, 1.54) is 0 Å². The Morgan fingerprint density at radius 1 is 1.26 bits per heavy atom. The molecule has 0 heterocycles. The molecular weight excluding hydrogens is 248 g/mol. The largest absolute Gasteiger partial charge is 0.481 e. The Morgan fingerprint density at radius 2 is 1.79 bits per heavy atom. The average molecular weight is 274 g/mol. The monoisotopic (exact) mass is 274 g/mol. The van der Waals surface area contributed by atoms with E-state index in [0.717, 1.165) is 6.42 Å². The molecule has 6 heteroatoms. The van der Waals surface area contributed by atoms with Crippen molar-refractivity contribution >= 4 is 11.8 Å². The van der Waals surface area contributed by atoms with Gasteiger partial charge in [0.25, 0.3) is 0 Å². The lowest BCUT2D eigenvalue weighted by atomic mass is 9.84. The number of carboxylic acid groups (broad SMARTS) is 1. The van der Waals surface area contributed by atoms with Gasteiger partial charge in [-0.15, -0.1) is 0 Å². The minimum Gasteiger partial charge on any atom is -0.481 e. The van der Waals surface area contributed by atoms with Crippen molar-refractivity contribution in [3.63, 3.8) is 0 Å². The molecule has 0 bridgehead atoms. The predicted octanol–water partition coefficient (Wildman–Crippen LogP) is 0.262. The van der Waals surface area contributed by atoms with Gasteiger partial charge in [0, 0.05) is 12.0 Å². The minimum absolute atomic E-state index is 0.124. The van der Waals surface area contributed by atoms with E-state index in [1.54, 1.807) is 6.92 Å². The highest BCUT2D eigenvalue weighted by Crippen LogP contribution is 2.19. The van der Waals surface area contributed by atoms with Gasteiger partial charge in [-0.25, -0.2) is 0 Å². The number of ketones is 1. The summed E-state index contributed by atoms with van der Waals surface area (Å²) in [5.74, 6) is -1.12. The number of Topliss-reactive ketones (excluding diaryl/α,β-unsaturated/α-hetero) is 1. The minimum atomic E-state index is -1.13. The van der Waals surface area contributed by atoms with Crippen LogP contribution in [0.4, 0.5) is 0 Å². The van der Waals surface area contributed by atoms with E-state index in [4.69, 9.17) is 16.6 Å². The van der Waals surface area contributed by atoms with Gasteiger partial charge in [-0.3, -0.25) is 9.59 Å². The topological polar surface area (TPSA) is 127 Å². The summed E-state index contributed by atoms with van der Waals surface area (Å²) in [5.41, 5.74) is 10.3. The van der Waals surface area contributed by atoms with Crippen molar-refractivity contribution in [1.29, 1.82) is 0 Å². The molecule has 0 spiro atoms. The fourth-order valence-corrected chi connectivity index (χ4v) is 1.75. The summed E-state index contributed by atoms with van der Waals surface area (Å²) < 4.78 is 0. The first-order valence-corrected chi connectivity index (χ1v) is 6.53. The van der Waals surface area contributed by atoms with Crippen molar-refractivity contribution in [1.82, 2.24) is 0 Å². The van der Waals surface area contributed by atoms with E-state index >= 15 is 0 Å². The summed E-state index contributed by atoms with van der Waals surface area (Å²) in [6.07, 6.45) is -0.0384. The third-order valence-corrected chi connectivity index (χ3v) is 3.14. The quantitative estimate of drug-likeness (QED) is 0.478. The van der Waals surface area contributed by atoms with Crippen molar-refractivity contribution in [2.75, 3.05) is 0 Å². The molecule has 3 atom stereocenters. The zero-order valence-electron chi connectivity index (χ0n) is 11.9. The van der Waals surface area contributed by atoms with Crippen LogP contribution in [-0.4, -0.2) is 39.7 Å². The van der Waals surface area contributed by atoms with Gasteiger partial charge in [0.1, 0.15) is 0 Å². The lowest BCUT2D eigenvalue weighted by molar-refractivity contribution is -0.139. The lowest BCUT2D eigenvalue weighted by Crippen LogP contribution is -2.52. The number of carboxylic acids is 1. The molecule has 0 fully saturated rings. The number of hydrogen-bond acceptors (Lipinski definition) is 5. The summed E-state index contributed by atoms with van der Waals surface area (Å²) in [6, 6.07) is -1.07. The van der Waals surface area contributed by atoms with Crippen molar-refractivity contribution in [2.45, 2.75) is 64.1 Å². The molecule has 0 aliphatic carbocycles. The first-order valence-electron chi connectivity index (χ1n) is 6.53. The van der Waals surface area contributed by atoms with Gasteiger partial charge in [-0.2, -0.15) is 0 Å². The maximum absolute atomic E-state index is 11.8. The van der Waals surface area contributed by atoms with E-state index in [1.807, 2.05) is 13.8 Å². The van der Waals surface area contributed by atoms with Crippen LogP contribution in [0, 0.1) is 5.92 Å². The molecule has 0 aliphatic heterocycles. The standard InChI is InChI=1S/C13H26N2O4/c1-8(2)4-5-11(17)13(3,15)7-10(16)9(14)6-12(18)19/h8-9,11,17H,4-7,14-15H2,1-3H3,(H,18,19). The molecule has 19 heavy (non-hydrogen) atoms. The van der Waals surface area contributed by atoms with Crippen LogP contribution in [0.15, 0.2) is 0 Å². The second-order valence-corrected chi connectivity index (χ2v) is 5.84. The van der Waals surface area contributed by atoms with Crippen LogP contribution in [0.2, 0.25) is 0 Å². The molecule has 3 unspecified atom stereocenters. The zero-order chi connectivity index (χ0) is 15.2. The molecule has 0 saturated heterocycles. The fraction of sp³-hybridized carbons (Fsp3) is 0.846. The summed E-state index contributed by atoms with van der Waals surface area (Å²) in [4.78, 5) is 22.2.